The summed E-state index contributed by atoms with van der Waals surface area (Å²) in [5.41, 5.74) is 6.96. The van der Waals surface area contributed by atoms with Crippen LogP contribution in [0.1, 0.15) is 20.3 Å². The van der Waals surface area contributed by atoms with Crippen LogP contribution in [0.15, 0.2) is 16.6 Å². The van der Waals surface area contributed by atoms with Gasteiger partial charge in [-0.15, -0.1) is 0 Å². The summed E-state index contributed by atoms with van der Waals surface area (Å²) in [6.45, 7) is 6.18. The minimum absolute atomic E-state index is 0.336. The highest BCUT2D eigenvalue weighted by Crippen LogP contribution is 2.26. The lowest BCUT2D eigenvalue weighted by molar-refractivity contribution is 0.273. The molecule has 3 N–H and O–H groups in total. The van der Waals surface area contributed by atoms with E-state index in [1.54, 1.807) is 6.07 Å². The average Bonchev–Trinajstić information content (AvgIpc) is 2.30. The molecule has 0 saturated heterocycles. The van der Waals surface area contributed by atoms with Crippen molar-refractivity contribution in [3.8, 4) is 0 Å². The van der Waals surface area contributed by atoms with Gasteiger partial charge in [0.05, 0.1) is 15.8 Å². The van der Waals surface area contributed by atoms with E-state index in [1.807, 2.05) is 0 Å². The summed E-state index contributed by atoms with van der Waals surface area (Å²) in [6, 6.07) is 3.55. The van der Waals surface area contributed by atoms with Gasteiger partial charge >= 0.3 is 0 Å². The topological polar surface area (TPSA) is 41.3 Å². The molecule has 0 amide bonds. The molecule has 102 valence electrons. The number of hydrogen-bond acceptors (Lipinski definition) is 3. The van der Waals surface area contributed by atoms with E-state index in [0.29, 0.717) is 16.2 Å². The van der Waals surface area contributed by atoms with Crippen molar-refractivity contribution in [1.82, 2.24) is 4.90 Å². The molecule has 0 unspecified atom stereocenters. The summed E-state index contributed by atoms with van der Waals surface area (Å²) >= 11 is 3.15. The third-order valence-corrected chi connectivity index (χ3v) is 3.58. The second kappa shape index (κ2) is 6.95. The first-order valence-corrected chi connectivity index (χ1v) is 6.89. The number of benzene rings is 1. The maximum absolute atomic E-state index is 13.2. The highest BCUT2D eigenvalue weighted by Gasteiger charge is 2.06. The number of hydrogen-bond donors (Lipinski definition) is 2. The van der Waals surface area contributed by atoms with Gasteiger partial charge in [0.25, 0.3) is 0 Å². The Morgan fingerprint density at radius 3 is 2.72 bits per heavy atom. The van der Waals surface area contributed by atoms with Crippen LogP contribution < -0.4 is 11.1 Å². The van der Waals surface area contributed by atoms with Crippen molar-refractivity contribution >= 4 is 27.3 Å². The minimum Gasteiger partial charge on any atom is -0.397 e. The van der Waals surface area contributed by atoms with Crippen molar-refractivity contribution in [2.45, 2.75) is 26.3 Å². The molecule has 1 rings (SSSR count). The molecule has 0 aliphatic rings. The normalized spacial score (nSPS) is 11.3. The standard InChI is InChI=1S/C13H21BrFN3/c1-9(2)18(3)6-4-5-17-13-7-10(14)11(15)8-12(13)16/h7-9,17H,4-6,16H2,1-3H3. The van der Waals surface area contributed by atoms with Crippen LogP contribution in [0.2, 0.25) is 0 Å². The number of nitrogens with one attached hydrogen (secondary N) is 1. The van der Waals surface area contributed by atoms with E-state index in [2.05, 4.69) is 47.0 Å². The van der Waals surface area contributed by atoms with Gasteiger partial charge in [0, 0.05) is 18.7 Å². The van der Waals surface area contributed by atoms with E-state index in [0.717, 1.165) is 25.2 Å². The Balaban J connectivity index is 2.42. The fourth-order valence-electron chi connectivity index (χ4n) is 1.53. The molecule has 0 fully saturated rings. The van der Waals surface area contributed by atoms with E-state index < -0.39 is 0 Å². The van der Waals surface area contributed by atoms with E-state index in [4.69, 9.17) is 5.73 Å². The maximum Gasteiger partial charge on any atom is 0.139 e. The van der Waals surface area contributed by atoms with E-state index >= 15 is 0 Å². The van der Waals surface area contributed by atoms with Gasteiger partial charge in [-0.2, -0.15) is 0 Å². The first-order chi connectivity index (χ1) is 8.41. The van der Waals surface area contributed by atoms with E-state index in [1.165, 1.54) is 6.07 Å². The lowest BCUT2D eigenvalue weighted by Gasteiger charge is -2.21. The van der Waals surface area contributed by atoms with Gasteiger partial charge in [0.15, 0.2) is 0 Å². The number of halogens is 2. The van der Waals surface area contributed by atoms with Crippen LogP contribution >= 0.6 is 15.9 Å². The molecule has 0 spiro atoms. The molecule has 0 aliphatic heterocycles. The summed E-state index contributed by atoms with van der Waals surface area (Å²) in [4.78, 5) is 2.28. The molecule has 5 heteroatoms. The summed E-state index contributed by atoms with van der Waals surface area (Å²) in [5, 5.41) is 3.23. The molecule has 0 saturated carbocycles. The highest BCUT2D eigenvalue weighted by atomic mass is 79.9. The van der Waals surface area contributed by atoms with Crippen LogP contribution in [-0.2, 0) is 0 Å². The van der Waals surface area contributed by atoms with E-state index in [-0.39, 0.29) is 5.82 Å². The zero-order valence-corrected chi connectivity index (χ0v) is 12.7. The Morgan fingerprint density at radius 1 is 1.44 bits per heavy atom. The number of nitrogen functional groups attached to an aromatic ring is 1. The smallest absolute Gasteiger partial charge is 0.139 e. The molecule has 0 bridgehead atoms. The third-order valence-electron chi connectivity index (χ3n) is 2.98. The zero-order chi connectivity index (χ0) is 13.7. The van der Waals surface area contributed by atoms with Crippen LogP contribution in [0.4, 0.5) is 15.8 Å². The highest BCUT2D eigenvalue weighted by molar-refractivity contribution is 9.10. The molecule has 0 aromatic heterocycles. The molecule has 18 heavy (non-hydrogen) atoms. The predicted molar refractivity (Wildman–Crippen MR) is 79.4 cm³/mol. The summed E-state index contributed by atoms with van der Waals surface area (Å²) in [5.74, 6) is -0.336. The molecule has 1 aromatic rings. The van der Waals surface area contributed by atoms with E-state index in [9.17, 15) is 4.39 Å². The van der Waals surface area contributed by atoms with Crippen molar-refractivity contribution in [3.63, 3.8) is 0 Å². The monoisotopic (exact) mass is 317 g/mol. The zero-order valence-electron chi connectivity index (χ0n) is 11.1. The summed E-state index contributed by atoms with van der Waals surface area (Å²) in [6.07, 6.45) is 1.02. The van der Waals surface area contributed by atoms with Gasteiger partial charge in [-0.1, -0.05) is 0 Å². The Bertz CT molecular complexity index is 396. The van der Waals surface area contributed by atoms with Gasteiger partial charge in [-0.3, -0.25) is 0 Å². The number of anilines is 2. The van der Waals surface area contributed by atoms with Crippen molar-refractivity contribution in [1.29, 1.82) is 0 Å². The lowest BCUT2D eigenvalue weighted by Crippen LogP contribution is -2.28. The van der Waals surface area contributed by atoms with Gasteiger partial charge in [0.1, 0.15) is 5.82 Å². The Hall–Kier alpha value is -0.810. The lowest BCUT2D eigenvalue weighted by atomic mass is 10.2. The van der Waals surface area contributed by atoms with Crippen LogP contribution in [0.5, 0.6) is 0 Å². The first kappa shape index (κ1) is 15.2. The Labute approximate surface area is 117 Å². The Morgan fingerprint density at radius 2 is 2.11 bits per heavy atom. The number of rotatable bonds is 6. The quantitative estimate of drug-likeness (QED) is 0.624. The molecule has 3 nitrogen and oxygen atoms in total. The summed E-state index contributed by atoms with van der Waals surface area (Å²) < 4.78 is 13.6. The second-order valence-corrected chi connectivity index (χ2v) is 5.56. The van der Waals surface area contributed by atoms with Gasteiger partial charge in [-0.25, -0.2) is 4.39 Å². The molecule has 0 aliphatic carbocycles. The minimum atomic E-state index is -0.336. The molecular formula is C13H21BrFN3. The first-order valence-electron chi connectivity index (χ1n) is 6.10. The van der Waals surface area contributed by atoms with Crippen LogP contribution in [0, 0.1) is 5.82 Å². The van der Waals surface area contributed by atoms with Crippen LogP contribution in [0.3, 0.4) is 0 Å². The van der Waals surface area contributed by atoms with Gasteiger partial charge in [-0.05, 0) is 55.9 Å². The molecule has 1 aromatic carbocycles. The SMILES string of the molecule is CC(C)N(C)CCCNc1cc(Br)c(F)cc1N. The van der Waals surface area contributed by atoms with Crippen molar-refractivity contribution < 1.29 is 4.39 Å². The molecular weight excluding hydrogens is 297 g/mol. The fourth-order valence-corrected chi connectivity index (χ4v) is 1.87. The summed E-state index contributed by atoms with van der Waals surface area (Å²) in [7, 11) is 2.10. The van der Waals surface area contributed by atoms with Crippen molar-refractivity contribution in [2.24, 2.45) is 0 Å². The molecule has 0 radical (unpaired) electrons. The maximum atomic E-state index is 13.2. The van der Waals surface area contributed by atoms with Gasteiger partial charge < -0.3 is 16.0 Å². The second-order valence-electron chi connectivity index (χ2n) is 4.71. The largest absolute Gasteiger partial charge is 0.397 e. The van der Waals surface area contributed by atoms with Crippen molar-refractivity contribution in [2.75, 3.05) is 31.2 Å². The van der Waals surface area contributed by atoms with Crippen LogP contribution in [-0.4, -0.2) is 31.1 Å². The van der Waals surface area contributed by atoms with Crippen LogP contribution in [0.25, 0.3) is 0 Å². The van der Waals surface area contributed by atoms with Gasteiger partial charge in [0.2, 0.25) is 0 Å². The molecule has 0 heterocycles. The number of nitrogens with zero attached hydrogens (tertiary/aromatic N) is 1. The number of nitrogens with two attached hydrogens (primary N) is 1. The molecule has 0 atom stereocenters. The fraction of sp³-hybridized carbons (Fsp3) is 0.538. The Kier molecular flexibility index (Phi) is 5.88. The predicted octanol–water partition coefficient (Wildman–Crippen LogP) is 3.31. The third kappa shape index (κ3) is 4.46. The van der Waals surface area contributed by atoms with Crippen molar-refractivity contribution in [3.05, 3.63) is 22.4 Å². The average molecular weight is 318 g/mol.